The summed E-state index contributed by atoms with van der Waals surface area (Å²) in [4.78, 5) is 55.2. The molecule has 7 heterocycles. The number of carboxylic acids is 2. The molecule has 53 heavy (non-hydrogen) atoms. The van der Waals surface area contributed by atoms with E-state index in [0.29, 0.717) is 27.8 Å². The summed E-state index contributed by atoms with van der Waals surface area (Å²) in [6.07, 6.45) is 13.8. The van der Waals surface area contributed by atoms with E-state index in [9.17, 15) is 19.8 Å². The first-order valence-electron chi connectivity index (χ1n) is 16.6. The molecule has 0 saturated heterocycles. The van der Waals surface area contributed by atoms with E-state index in [4.69, 9.17) is 19.9 Å². The number of carboxylic acid groups (broad SMARTS) is 2. The number of allylic oxidation sites excluding steroid dienone is 6. The number of aromatic nitrogens is 8. The van der Waals surface area contributed by atoms with Gasteiger partial charge in [-0.1, -0.05) is 65.8 Å². The molecular formula is C40H40FeN8O4+. The van der Waals surface area contributed by atoms with Crippen molar-refractivity contribution in [3.63, 3.8) is 0 Å². The number of aromatic amines is 2. The van der Waals surface area contributed by atoms with Gasteiger partial charge in [0.2, 0.25) is 0 Å². The fourth-order valence-corrected chi connectivity index (χ4v) is 6.03. The zero-order valence-electron chi connectivity index (χ0n) is 31.8. The van der Waals surface area contributed by atoms with Crippen molar-refractivity contribution in [2.24, 2.45) is 0 Å². The average Bonchev–Trinajstić information content (AvgIpc) is 3.97. The number of aliphatic carboxylic acids is 2. The largest absolute Gasteiger partial charge is 3.00 e. The van der Waals surface area contributed by atoms with Crippen LogP contribution in [0.25, 0.3) is 44.4 Å². The van der Waals surface area contributed by atoms with E-state index in [1.807, 2.05) is 45.9 Å². The summed E-state index contributed by atoms with van der Waals surface area (Å²) >= 11 is 0. The first-order chi connectivity index (χ1) is 25.0. The van der Waals surface area contributed by atoms with Crippen LogP contribution >= 0.6 is 0 Å². The molecule has 1 radical (unpaired) electrons. The third-order valence-corrected chi connectivity index (χ3v) is 8.86. The van der Waals surface area contributed by atoms with Crippen molar-refractivity contribution >= 4 is 56.3 Å². The number of imidazole rings is 2. The summed E-state index contributed by atoms with van der Waals surface area (Å²) in [5.74, 6) is -2.31. The Morgan fingerprint density at radius 1 is 0.679 bits per heavy atom. The van der Waals surface area contributed by atoms with Crippen molar-refractivity contribution in [3.8, 4) is 0 Å². The monoisotopic (exact) mass is 752 g/mol. The van der Waals surface area contributed by atoms with Gasteiger partial charge in [0.15, 0.2) is 0 Å². The Morgan fingerprint density at radius 2 is 1.09 bits per heavy atom. The van der Waals surface area contributed by atoms with Crippen LogP contribution in [0.15, 0.2) is 87.0 Å². The van der Waals surface area contributed by atoms with Crippen molar-refractivity contribution in [1.82, 2.24) is 39.9 Å². The predicted molar refractivity (Wildman–Crippen MR) is 200 cm³/mol. The molecule has 0 aliphatic carbocycles. The molecule has 0 unspecified atom stereocenters. The first kappa shape index (κ1) is 39.7. The van der Waals surface area contributed by atoms with E-state index in [0.717, 1.165) is 61.6 Å². The zero-order valence-corrected chi connectivity index (χ0v) is 30.9. The number of fused-ring (bicyclic) bond motifs is 8. The number of aryl methyl sites for hydroxylation is 4. The minimum absolute atomic E-state index is 0. The van der Waals surface area contributed by atoms with Crippen molar-refractivity contribution in [2.75, 3.05) is 0 Å². The van der Waals surface area contributed by atoms with Gasteiger partial charge in [-0.2, -0.15) is 0 Å². The molecule has 2 N–H and O–H groups in total. The van der Waals surface area contributed by atoms with E-state index in [2.05, 4.69) is 33.1 Å². The quantitative estimate of drug-likeness (QED) is 0.208. The van der Waals surface area contributed by atoms with Crippen molar-refractivity contribution in [2.45, 2.75) is 53.4 Å². The number of hydrogen-bond donors (Lipinski definition) is 2. The third-order valence-electron chi connectivity index (χ3n) is 8.86. The Kier molecular flexibility index (Phi) is 13.5. The normalized spacial score (nSPS) is 11.8. The Morgan fingerprint density at radius 3 is 1.45 bits per heavy atom. The molecule has 0 atom stereocenters. The smallest absolute Gasteiger partial charge is 0.657 e. The molecule has 2 aliphatic heterocycles. The molecule has 0 fully saturated rings. The number of carbonyl (C=O) groups is 2. The first-order valence-corrected chi connectivity index (χ1v) is 16.6. The van der Waals surface area contributed by atoms with Crippen LogP contribution in [-0.2, 0) is 39.5 Å². The summed E-state index contributed by atoms with van der Waals surface area (Å²) in [5.41, 5.74) is 12.2. The van der Waals surface area contributed by atoms with Crippen molar-refractivity contribution in [1.29, 1.82) is 0 Å². The maximum Gasteiger partial charge on any atom is 3.00 e. The fraction of sp³-hybridized carbons (Fsp3) is 0.200. The summed E-state index contributed by atoms with van der Waals surface area (Å²) < 4.78 is 0. The Balaban J connectivity index is 0.000000698. The third kappa shape index (κ3) is 9.26. The predicted octanol–water partition coefficient (Wildman–Crippen LogP) is 4.83. The van der Waals surface area contributed by atoms with Gasteiger partial charge in [-0.3, -0.25) is 0 Å². The molecule has 0 saturated carbocycles. The molecule has 5 aromatic rings. The minimum Gasteiger partial charge on any atom is -0.657 e. The second-order valence-corrected chi connectivity index (χ2v) is 12.1. The van der Waals surface area contributed by atoms with Crippen LogP contribution in [-0.4, -0.2) is 41.8 Å². The van der Waals surface area contributed by atoms with Crippen LogP contribution in [0.5, 0.6) is 0 Å². The molecule has 12 nitrogen and oxygen atoms in total. The van der Waals surface area contributed by atoms with Gasteiger partial charge in [0.1, 0.15) is 0 Å². The standard InChI is InChI=1S/C34H34N4O4.2C3H4N2.Fe/c1-7-21-17(3)25-13-26-19(5)23(9-11-33(39)40)31(37-26)16-32-24(10-12-34(41)42)20(6)28(38-32)15-30-22(8-2)18(4)27(36-30)14-29(21)35-25;2*1-2-5-3-4-1;/h7-8,13-16H,1-2,9-12H2,3-6H3,(H4,35,36,37,38,39,40,41,42);2*1-3H,(H,4,5);/q;;;+3/p-2. The van der Waals surface area contributed by atoms with E-state index in [1.54, 1.807) is 55.7 Å². The second-order valence-electron chi connectivity index (χ2n) is 12.1. The maximum atomic E-state index is 11.4. The number of carbonyl (C=O) groups excluding carboxylic acids is 2. The van der Waals surface area contributed by atoms with Crippen LogP contribution in [0.2, 0.25) is 0 Å². The number of nitrogens with one attached hydrogen (secondary N) is 2. The molecule has 7 rings (SSSR count). The summed E-state index contributed by atoms with van der Waals surface area (Å²) in [6, 6.07) is 7.52. The van der Waals surface area contributed by atoms with Crippen LogP contribution in [0.3, 0.4) is 0 Å². The summed E-state index contributed by atoms with van der Waals surface area (Å²) in [5, 5.41) is 22.8. The van der Waals surface area contributed by atoms with Crippen molar-refractivity contribution < 1.29 is 39.7 Å². The Bertz CT molecular complexity index is 2300. The number of H-pyrrole nitrogens is 2. The van der Waals surface area contributed by atoms with E-state index < -0.39 is 11.9 Å². The molecule has 5 aromatic heterocycles. The Labute approximate surface area is 320 Å². The van der Waals surface area contributed by atoms with Crippen molar-refractivity contribution in [3.05, 3.63) is 132 Å². The summed E-state index contributed by atoms with van der Waals surface area (Å²) in [7, 11) is 0. The van der Waals surface area contributed by atoms with E-state index in [-0.39, 0.29) is 45.6 Å². The number of rotatable bonds is 8. The van der Waals surface area contributed by atoms with Gasteiger partial charge in [0, 0.05) is 47.9 Å². The molecule has 271 valence electrons. The van der Waals surface area contributed by atoms with Gasteiger partial charge in [0.25, 0.3) is 0 Å². The molecule has 2 aliphatic rings. The average molecular weight is 753 g/mol. The number of nitrogens with zero attached hydrogens (tertiary/aromatic N) is 6. The van der Waals surface area contributed by atoms with Crippen LogP contribution in [0.4, 0.5) is 0 Å². The molecule has 0 aromatic carbocycles. The second kappa shape index (κ2) is 17.9. The number of hydrogen-bond acceptors (Lipinski definition) is 8. The van der Waals surface area contributed by atoms with Gasteiger partial charge in [-0.25, -0.2) is 19.9 Å². The van der Waals surface area contributed by atoms with Gasteiger partial charge in [-0.05, 0) is 70.6 Å². The van der Waals surface area contributed by atoms with Crippen LogP contribution in [0.1, 0.15) is 74.6 Å². The van der Waals surface area contributed by atoms with Gasteiger partial charge >= 0.3 is 19.9 Å². The van der Waals surface area contributed by atoms with Gasteiger partial charge in [-0.15, -0.1) is 22.1 Å². The molecule has 13 heteroatoms. The Hall–Kier alpha value is -6.04. The molecule has 8 bridgehead atoms. The van der Waals surface area contributed by atoms with Gasteiger partial charge in [0.05, 0.1) is 35.4 Å². The van der Waals surface area contributed by atoms with Gasteiger partial charge < -0.3 is 39.7 Å². The molecular weight excluding hydrogens is 712 g/mol. The van der Waals surface area contributed by atoms with E-state index >= 15 is 0 Å². The summed E-state index contributed by atoms with van der Waals surface area (Å²) in [6.45, 7) is 15.8. The molecule has 0 spiro atoms. The van der Waals surface area contributed by atoms with Crippen LogP contribution in [0, 0.1) is 13.8 Å². The fourth-order valence-electron chi connectivity index (χ4n) is 6.03. The van der Waals surface area contributed by atoms with E-state index in [1.165, 1.54) is 0 Å². The zero-order chi connectivity index (χ0) is 37.4. The maximum absolute atomic E-state index is 11.4. The van der Waals surface area contributed by atoms with Crippen LogP contribution < -0.4 is 20.2 Å². The SMILES string of the molecule is C=CC1=C(C)c2cc3[n-]c(cc4[n-]c(cc5nc(cc1n2)C(C)=C5C=C)c(C)c4CCC(=O)[O-])c(CCC(=O)[O-])c3C.[Fe+3].[H+].[H+].c1c[nH]cn1.c1c[nH]cn1. The minimum atomic E-state index is -1.16. The molecule has 0 amide bonds. The topological polar surface area (TPSA) is 192 Å².